The van der Waals surface area contributed by atoms with Gasteiger partial charge in [0.15, 0.2) is 0 Å². The number of urea groups is 1. The summed E-state index contributed by atoms with van der Waals surface area (Å²) in [6.07, 6.45) is 2.29. The highest BCUT2D eigenvalue weighted by Gasteiger charge is 2.55. The lowest BCUT2D eigenvalue weighted by molar-refractivity contribution is -0.132. The van der Waals surface area contributed by atoms with Gasteiger partial charge in [-0.1, -0.05) is 11.6 Å². The molecule has 2 aliphatic heterocycles. The van der Waals surface area contributed by atoms with Crippen LogP contribution in [0.4, 0.5) is 14.9 Å². The van der Waals surface area contributed by atoms with Gasteiger partial charge < -0.3 is 15.1 Å². The average Bonchev–Trinajstić information content (AvgIpc) is 3.45. The molecule has 4 rings (SSSR count). The van der Waals surface area contributed by atoms with E-state index in [9.17, 15) is 18.8 Å². The van der Waals surface area contributed by atoms with Crippen LogP contribution in [0.25, 0.3) is 0 Å². The third-order valence-corrected chi connectivity index (χ3v) is 6.04. The maximum absolute atomic E-state index is 13.6. The molecular weight excluding hydrogens is 387 g/mol. The molecule has 0 aromatic heterocycles. The molecule has 7 nitrogen and oxygen atoms in total. The number of imide groups is 1. The Bertz CT molecular complexity index is 803. The number of halogens is 2. The van der Waals surface area contributed by atoms with Gasteiger partial charge in [-0.15, -0.1) is 0 Å². The highest BCUT2D eigenvalue weighted by Crippen LogP contribution is 2.43. The van der Waals surface area contributed by atoms with E-state index in [0.29, 0.717) is 43.3 Å². The number of hydrogen-bond acceptors (Lipinski definition) is 4. The number of amides is 4. The zero-order valence-electron chi connectivity index (χ0n) is 15.3. The van der Waals surface area contributed by atoms with Crippen molar-refractivity contribution in [2.24, 2.45) is 5.92 Å². The molecule has 2 N–H and O–H groups in total. The number of carbonyl (C=O) groups excluding carboxylic acids is 3. The van der Waals surface area contributed by atoms with E-state index in [1.807, 2.05) is 4.90 Å². The molecule has 1 aromatic rings. The van der Waals surface area contributed by atoms with Crippen LogP contribution in [0.3, 0.4) is 0 Å². The molecule has 1 unspecified atom stereocenters. The molecule has 4 amide bonds. The summed E-state index contributed by atoms with van der Waals surface area (Å²) in [5.74, 6) is -0.629. The topological polar surface area (TPSA) is 81.8 Å². The van der Waals surface area contributed by atoms with Crippen molar-refractivity contribution < 1.29 is 18.8 Å². The number of hydrogen-bond donors (Lipinski definition) is 2. The fraction of sp³-hybridized carbons (Fsp3) is 0.526. The molecule has 0 radical (unpaired) electrons. The van der Waals surface area contributed by atoms with Crippen molar-refractivity contribution in [1.82, 2.24) is 15.5 Å². The summed E-state index contributed by atoms with van der Waals surface area (Å²) in [6.45, 7) is 2.19. The summed E-state index contributed by atoms with van der Waals surface area (Å²) in [7, 11) is 0. The van der Waals surface area contributed by atoms with Gasteiger partial charge in [0, 0.05) is 43.3 Å². The van der Waals surface area contributed by atoms with Crippen LogP contribution in [0.5, 0.6) is 0 Å². The summed E-state index contributed by atoms with van der Waals surface area (Å²) in [5, 5.41) is 5.40. The Morgan fingerprint density at radius 3 is 2.46 bits per heavy atom. The van der Waals surface area contributed by atoms with E-state index in [1.54, 1.807) is 11.0 Å². The molecule has 28 heavy (non-hydrogen) atoms. The zero-order valence-corrected chi connectivity index (χ0v) is 16.1. The van der Waals surface area contributed by atoms with E-state index in [0.717, 1.165) is 12.8 Å². The van der Waals surface area contributed by atoms with E-state index in [-0.39, 0.29) is 30.0 Å². The average molecular weight is 409 g/mol. The van der Waals surface area contributed by atoms with Crippen molar-refractivity contribution in [3.8, 4) is 0 Å². The van der Waals surface area contributed by atoms with Crippen LogP contribution in [0, 0.1) is 11.7 Å². The standard InChI is InChI=1S/C19H22ClFN4O3/c20-13-9-14(21)11-15(10-13)24-5-7-25(8-6-24)16(26)3-4-19(12-1-2-12)17(27)22-18(28)23-19/h9-12H,1-8H2,(H2,22,23,27,28). The number of piperazine rings is 1. The normalized spacial score (nSPS) is 24.9. The quantitative estimate of drug-likeness (QED) is 0.729. The van der Waals surface area contributed by atoms with E-state index in [4.69, 9.17) is 11.6 Å². The number of carbonyl (C=O) groups is 3. The summed E-state index contributed by atoms with van der Waals surface area (Å²) >= 11 is 5.92. The van der Waals surface area contributed by atoms with Gasteiger partial charge in [-0.05, 0) is 43.4 Å². The van der Waals surface area contributed by atoms with Gasteiger partial charge in [0.25, 0.3) is 5.91 Å². The first kappa shape index (κ1) is 19.0. The first-order chi connectivity index (χ1) is 13.4. The molecule has 0 spiro atoms. The molecule has 1 saturated carbocycles. The smallest absolute Gasteiger partial charge is 0.322 e. The second-order valence-corrected chi connectivity index (χ2v) is 8.09. The van der Waals surface area contributed by atoms with Crippen molar-refractivity contribution in [3.05, 3.63) is 29.0 Å². The number of rotatable bonds is 5. The molecular formula is C19H22ClFN4O3. The van der Waals surface area contributed by atoms with Gasteiger partial charge in [-0.2, -0.15) is 0 Å². The minimum Gasteiger partial charge on any atom is -0.368 e. The number of anilines is 1. The molecule has 3 aliphatic rings. The minimum atomic E-state index is -0.938. The molecule has 2 heterocycles. The van der Waals surface area contributed by atoms with Crippen molar-refractivity contribution in [2.75, 3.05) is 31.1 Å². The van der Waals surface area contributed by atoms with Gasteiger partial charge >= 0.3 is 6.03 Å². The zero-order chi connectivity index (χ0) is 19.9. The van der Waals surface area contributed by atoms with Crippen molar-refractivity contribution in [2.45, 2.75) is 31.2 Å². The second-order valence-electron chi connectivity index (χ2n) is 7.65. The van der Waals surface area contributed by atoms with E-state index >= 15 is 0 Å². The van der Waals surface area contributed by atoms with Gasteiger partial charge in [0.1, 0.15) is 11.4 Å². The Morgan fingerprint density at radius 1 is 1.18 bits per heavy atom. The largest absolute Gasteiger partial charge is 0.368 e. The fourth-order valence-corrected chi connectivity index (χ4v) is 4.36. The van der Waals surface area contributed by atoms with E-state index in [1.165, 1.54) is 12.1 Å². The predicted octanol–water partition coefficient (Wildman–Crippen LogP) is 1.90. The fourth-order valence-electron chi connectivity index (χ4n) is 4.15. The van der Waals surface area contributed by atoms with Crippen LogP contribution < -0.4 is 15.5 Å². The molecule has 1 aliphatic carbocycles. The van der Waals surface area contributed by atoms with Crippen molar-refractivity contribution >= 4 is 35.1 Å². The Morgan fingerprint density at radius 2 is 1.89 bits per heavy atom. The number of nitrogens with zero attached hydrogens (tertiary/aromatic N) is 2. The number of nitrogens with one attached hydrogen (secondary N) is 2. The molecule has 2 saturated heterocycles. The summed E-state index contributed by atoms with van der Waals surface area (Å²) in [4.78, 5) is 40.3. The van der Waals surface area contributed by atoms with Crippen LogP contribution in [0.15, 0.2) is 18.2 Å². The maximum Gasteiger partial charge on any atom is 0.322 e. The molecule has 9 heteroatoms. The van der Waals surface area contributed by atoms with Crippen LogP contribution in [-0.2, 0) is 9.59 Å². The van der Waals surface area contributed by atoms with Gasteiger partial charge in [0.2, 0.25) is 5.91 Å². The lowest BCUT2D eigenvalue weighted by Gasteiger charge is -2.36. The first-order valence-corrected chi connectivity index (χ1v) is 9.87. The van der Waals surface area contributed by atoms with Gasteiger partial charge in [-0.25, -0.2) is 9.18 Å². The van der Waals surface area contributed by atoms with Crippen LogP contribution in [0.2, 0.25) is 5.02 Å². The Balaban J connectivity index is 1.33. The van der Waals surface area contributed by atoms with Crippen LogP contribution in [-0.4, -0.2) is 54.5 Å². The summed E-state index contributed by atoms with van der Waals surface area (Å²) < 4.78 is 13.6. The van der Waals surface area contributed by atoms with Crippen LogP contribution in [0.1, 0.15) is 25.7 Å². The van der Waals surface area contributed by atoms with Gasteiger partial charge in [-0.3, -0.25) is 14.9 Å². The SMILES string of the molecule is O=C1NC(=O)C(CCC(=O)N2CCN(c3cc(F)cc(Cl)c3)CC2)(C2CC2)N1. The monoisotopic (exact) mass is 408 g/mol. The highest BCUT2D eigenvalue weighted by molar-refractivity contribution is 6.30. The van der Waals surface area contributed by atoms with E-state index in [2.05, 4.69) is 10.6 Å². The highest BCUT2D eigenvalue weighted by atomic mass is 35.5. The maximum atomic E-state index is 13.6. The van der Waals surface area contributed by atoms with Gasteiger partial charge in [0.05, 0.1) is 0 Å². The predicted molar refractivity (Wildman–Crippen MR) is 102 cm³/mol. The first-order valence-electron chi connectivity index (χ1n) is 9.50. The molecule has 1 aromatic carbocycles. The van der Waals surface area contributed by atoms with Crippen LogP contribution >= 0.6 is 11.6 Å². The molecule has 3 fully saturated rings. The Labute approximate surface area is 167 Å². The van der Waals surface area contributed by atoms with Crippen molar-refractivity contribution in [1.29, 1.82) is 0 Å². The summed E-state index contributed by atoms with van der Waals surface area (Å²) in [6, 6.07) is 3.93. The third-order valence-electron chi connectivity index (χ3n) is 5.82. The van der Waals surface area contributed by atoms with Crippen molar-refractivity contribution in [3.63, 3.8) is 0 Å². The Hall–Kier alpha value is -2.35. The van der Waals surface area contributed by atoms with E-state index < -0.39 is 11.6 Å². The number of benzene rings is 1. The molecule has 150 valence electrons. The molecule has 1 atom stereocenters. The lowest BCUT2D eigenvalue weighted by atomic mass is 9.87. The second kappa shape index (κ2) is 7.24. The lowest BCUT2D eigenvalue weighted by Crippen LogP contribution is -2.51. The minimum absolute atomic E-state index is 0.0362. The summed E-state index contributed by atoms with van der Waals surface area (Å²) in [5.41, 5.74) is -0.234. The Kier molecular flexibility index (Phi) is 4.91. The molecule has 0 bridgehead atoms. The third kappa shape index (κ3) is 3.65.